The second-order valence-electron chi connectivity index (χ2n) is 4.47. The van der Waals surface area contributed by atoms with Gasteiger partial charge in [-0.05, 0) is 18.9 Å². The van der Waals surface area contributed by atoms with Gasteiger partial charge in [0.2, 0.25) is 0 Å². The number of rotatable bonds is 5. The lowest BCUT2D eigenvalue weighted by Gasteiger charge is -2.33. The number of aromatic nitrogens is 2. The fourth-order valence-corrected chi connectivity index (χ4v) is 3.57. The van der Waals surface area contributed by atoms with Gasteiger partial charge in [-0.3, -0.25) is 0 Å². The van der Waals surface area contributed by atoms with Crippen molar-refractivity contribution >= 4 is 10.2 Å². The second kappa shape index (κ2) is 6.38. The van der Waals surface area contributed by atoms with Crippen LogP contribution in [0.5, 0.6) is 0 Å². The highest BCUT2D eigenvalue weighted by Crippen LogP contribution is 2.19. The van der Waals surface area contributed by atoms with Crippen molar-refractivity contribution in [3.05, 3.63) is 24.3 Å². The molecule has 1 unspecified atom stereocenters. The first-order valence-corrected chi connectivity index (χ1v) is 7.69. The van der Waals surface area contributed by atoms with Gasteiger partial charge >= 0.3 is 0 Å². The quantitative estimate of drug-likeness (QED) is 0.772. The van der Waals surface area contributed by atoms with Crippen molar-refractivity contribution in [3.8, 4) is 0 Å². The Morgan fingerprint density at radius 1 is 1.47 bits per heavy atom. The maximum absolute atomic E-state index is 12.2. The van der Waals surface area contributed by atoms with E-state index in [-0.39, 0.29) is 19.2 Å². The standard InChI is InChI=1S/C11H18N4O3S/c16-8-11-3-1-2-6-15(11)19(17,18)14-7-10-4-5-12-9-13-10/h4-5,9,11,14,16H,1-3,6-8H2. The summed E-state index contributed by atoms with van der Waals surface area (Å²) in [6.45, 7) is 0.429. The molecule has 0 radical (unpaired) electrons. The molecule has 0 aromatic carbocycles. The maximum Gasteiger partial charge on any atom is 0.280 e. The minimum Gasteiger partial charge on any atom is -0.395 e. The van der Waals surface area contributed by atoms with Crippen LogP contribution < -0.4 is 4.72 Å². The molecule has 0 spiro atoms. The number of hydrogen-bond acceptors (Lipinski definition) is 5. The number of piperidine rings is 1. The van der Waals surface area contributed by atoms with Crippen LogP contribution in [0, 0.1) is 0 Å². The third-order valence-electron chi connectivity index (χ3n) is 3.17. The van der Waals surface area contributed by atoms with Crippen LogP contribution in [-0.2, 0) is 16.8 Å². The van der Waals surface area contributed by atoms with E-state index in [0.29, 0.717) is 18.7 Å². The van der Waals surface area contributed by atoms with E-state index < -0.39 is 10.2 Å². The van der Waals surface area contributed by atoms with Crippen molar-refractivity contribution in [3.63, 3.8) is 0 Å². The third-order valence-corrected chi connectivity index (χ3v) is 4.78. The van der Waals surface area contributed by atoms with Gasteiger partial charge in [0, 0.05) is 18.8 Å². The van der Waals surface area contributed by atoms with Gasteiger partial charge in [-0.25, -0.2) is 9.97 Å². The average Bonchev–Trinajstić information content (AvgIpc) is 2.46. The summed E-state index contributed by atoms with van der Waals surface area (Å²) < 4.78 is 28.2. The minimum absolute atomic E-state index is 0.125. The van der Waals surface area contributed by atoms with Crippen LogP contribution in [0.1, 0.15) is 25.0 Å². The number of hydrogen-bond donors (Lipinski definition) is 2. The molecule has 1 aromatic rings. The normalized spacial score (nSPS) is 21.4. The van der Waals surface area contributed by atoms with Crippen molar-refractivity contribution in [1.82, 2.24) is 19.0 Å². The Morgan fingerprint density at radius 2 is 2.32 bits per heavy atom. The fourth-order valence-electron chi connectivity index (χ4n) is 2.14. The van der Waals surface area contributed by atoms with Gasteiger partial charge in [0.15, 0.2) is 0 Å². The van der Waals surface area contributed by atoms with Gasteiger partial charge in [0.05, 0.1) is 18.8 Å². The van der Waals surface area contributed by atoms with Gasteiger partial charge in [-0.1, -0.05) is 6.42 Å². The fraction of sp³-hybridized carbons (Fsp3) is 0.636. The Balaban J connectivity index is 2.01. The molecule has 1 fully saturated rings. The van der Waals surface area contributed by atoms with Gasteiger partial charge in [0.25, 0.3) is 10.2 Å². The third kappa shape index (κ3) is 3.69. The van der Waals surface area contributed by atoms with Gasteiger partial charge in [-0.2, -0.15) is 17.4 Å². The first-order valence-electron chi connectivity index (χ1n) is 6.25. The largest absolute Gasteiger partial charge is 0.395 e. The Hall–Kier alpha value is -1.09. The molecule has 0 amide bonds. The first-order chi connectivity index (χ1) is 9.13. The molecule has 1 aliphatic rings. The van der Waals surface area contributed by atoms with Crippen LogP contribution in [0.2, 0.25) is 0 Å². The smallest absolute Gasteiger partial charge is 0.280 e. The van der Waals surface area contributed by atoms with Crippen molar-refractivity contribution in [2.45, 2.75) is 31.8 Å². The topological polar surface area (TPSA) is 95.4 Å². The molecule has 2 heterocycles. The Labute approximate surface area is 112 Å². The lowest BCUT2D eigenvalue weighted by molar-refractivity contribution is 0.154. The summed E-state index contributed by atoms with van der Waals surface area (Å²) in [6, 6.07) is 1.33. The molecule has 1 aliphatic heterocycles. The van der Waals surface area contributed by atoms with E-state index in [9.17, 15) is 13.5 Å². The molecule has 1 saturated heterocycles. The summed E-state index contributed by atoms with van der Waals surface area (Å²) in [7, 11) is -3.58. The first kappa shape index (κ1) is 14.3. The summed E-state index contributed by atoms with van der Waals surface area (Å²) in [6.07, 6.45) is 5.41. The molecule has 8 heteroatoms. The number of aliphatic hydroxyl groups is 1. The van der Waals surface area contributed by atoms with Crippen LogP contribution in [0.15, 0.2) is 18.6 Å². The highest BCUT2D eigenvalue weighted by atomic mass is 32.2. The number of nitrogens with zero attached hydrogens (tertiary/aromatic N) is 3. The molecule has 1 aromatic heterocycles. The predicted molar refractivity (Wildman–Crippen MR) is 69.2 cm³/mol. The summed E-state index contributed by atoms with van der Waals surface area (Å²) in [5.41, 5.74) is 0.608. The second-order valence-corrected chi connectivity index (χ2v) is 6.18. The van der Waals surface area contributed by atoms with E-state index in [2.05, 4.69) is 14.7 Å². The van der Waals surface area contributed by atoms with E-state index >= 15 is 0 Å². The summed E-state index contributed by atoms with van der Waals surface area (Å²) >= 11 is 0. The lowest BCUT2D eigenvalue weighted by atomic mass is 10.1. The van der Waals surface area contributed by atoms with E-state index in [1.807, 2.05) is 0 Å². The van der Waals surface area contributed by atoms with Crippen molar-refractivity contribution in [2.24, 2.45) is 0 Å². The molecule has 7 nitrogen and oxygen atoms in total. The molecule has 0 bridgehead atoms. The summed E-state index contributed by atoms with van der Waals surface area (Å²) in [5, 5.41) is 9.26. The van der Waals surface area contributed by atoms with Crippen LogP contribution in [-0.4, -0.2) is 47.0 Å². The maximum atomic E-state index is 12.2. The lowest BCUT2D eigenvalue weighted by Crippen LogP contribution is -2.50. The summed E-state index contributed by atoms with van der Waals surface area (Å²) in [5.74, 6) is 0. The minimum atomic E-state index is -3.58. The molecule has 19 heavy (non-hydrogen) atoms. The van der Waals surface area contributed by atoms with E-state index in [0.717, 1.165) is 12.8 Å². The average molecular weight is 286 g/mol. The van der Waals surface area contributed by atoms with Gasteiger partial charge in [0.1, 0.15) is 6.33 Å². The molecule has 0 aliphatic carbocycles. The highest BCUT2D eigenvalue weighted by Gasteiger charge is 2.31. The zero-order chi connectivity index (χ0) is 13.7. The monoisotopic (exact) mass is 286 g/mol. The van der Waals surface area contributed by atoms with Crippen LogP contribution in [0.3, 0.4) is 0 Å². The Morgan fingerprint density at radius 3 is 3.00 bits per heavy atom. The van der Waals surface area contributed by atoms with Crippen molar-refractivity contribution < 1.29 is 13.5 Å². The summed E-state index contributed by atoms with van der Waals surface area (Å²) in [4.78, 5) is 7.73. The Bertz CT molecular complexity index is 494. The number of nitrogens with one attached hydrogen (secondary N) is 1. The number of aliphatic hydroxyl groups excluding tert-OH is 1. The van der Waals surface area contributed by atoms with E-state index in [1.54, 1.807) is 12.3 Å². The van der Waals surface area contributed by atoms with Crippen LogP contribution >= 0.6 is 0 Å². The molecule has 2 rings (SSSR count). The predicted octanol–water partition coefficient (Wildman–Crippen LogP) is -0.342. The SMILES string of the molecule is O=S(=O)(NCc1ccncn1)N1CCCCC1CO. The van der Waals surface area contributed by atoms with Crippen LogP contribution in [0.4, 0.5) is 0 Å². The van der Waals surface area contributed by atoms with E-state index in [4.69, 9.17) is 0 Å². The highest BCUT2D eigenvalue weighted by molar-refractivity contribution is 7.87. The molecule has 106 valence electrons. The molecule has 1 atom stereocenters. The molecule has 0 saturated carbocycles. The molecular weight excluding hydrogens is 268 g/mol. The van der Waals surface area contributed by atoms with Crippen molar-refractivity contribution in [2.75, 3.05) is 13.2 Å². The Kier molecular flexibility index (Phi) is 4.81. The van der Waals surface area contributed by atoms with Crippen molar-refractivity contribution in [1.29, 1.82) is 0 Å². The molecule has 2 N–H and O–H groups in total. The van der Waals surface area contributed by atoms with Gasteiger partial charge in [-0.15, -0.1) is 0 Å². The van der Waals surface area contributed by atoms with Gasteiger partial charge < -0.3 is 5.11 Å². The zero-order valence-corrected chi connectivity index (χ0v) is 11.4. The van der Waals surface area contributed by atoms with Crippen LogP contribution in [0.25, 0.3) is 0 Å². The molecular formula is C11H18N4O3S. The van der Waals surface area contributed by atoms with E-state index in [1.165, 1.54) is 10.6 Å². The zero-order valence-electron chi connectivity index (χ0n) is 10.6.